The van der Waals surface area contributed by atoms with Crippen molar-refractivity contribution in [2.24, 2.45) is 0 Å². The molecule has 1 aromatic heterocycles. The summed E-state index contributed by atoms with van der Waals surface area (Å²) in [6.45, 7) is 1.82. The second-order valence-electron chi connectivity index (χ2n) is 4.26. The summed E-state index contributed by atoms with van der Waals surface area (Å²) in [5, 5.41) is 2.60. The molecule has 0 aliphatic rings. The van der Waals surface area contributed by atoms with Crippen LogP contribution < -0.4 is 11.1 Å². The van der Waals surface area contributed by atoms with E-state index in [1.807, 2.05) is 0 Å². The van der Waals surface area contributed by atoms with Crippen molar-refractivity contribution >= 4 is 17.3 Å². The lowest BCUT2D eigenvalue weighted by Gasteiger charge is -2.13. The van der Waals surface area contributed by atoms with Crippen LogP contribution in [0.25, 0.3) is 0 Å². The van der Waals surface area contributed by atoms with Gasteiger partial charge in [0.25, 0.3) is 5.91 Å². The molecule has 2 rings (SSSR count). The van der Waals surface area contributed by atoms with E-state index in [-0.39, 0.29) is 18.2 Å². The molecule has 1 amide bonds. The molecule has 5 nitrogen and oxygen atoms in total. The van der Waals surface area contributed by atoms with Crippen LogP contribution in [-0.2, 0) is 16.1 Å². The number of halogens is 1. The van der Waals surface area contributed by atoms with Crippen molar-refractivity contribution < 1.29 is 18.3 Å². The molecule has 20 heavy (non-hydrogen) atoms. The van der Waals surface area contributed by atoms with Gasteiger partial charge in [-0.05, 0) is 37.3 Å². The fourth-order valence-corrected chi connectivity index (χ4v) is 1.54. The predicted octanol–water partition coefficient (Wildman–Crippen LogP) is 2.54. The van der Waals surface area contributed by atoms with Crippen LogP contribution in [0.4, 0.5) is 15.8 Å². The Balaban J connectivity index is 1.88. The second-order valence-corrected chi connectivity index (χ2v) is 4.26. The van der Waals surface area contributed by atoms with Crippen LogP contribution >= 0.6 is 0 Å². The number of furan rings is 1. The van der Waals surface area contributed by atoms with Crippen LogP contribution in [0.3, 0.4) is 0 Å². The van der Waals surface area contributed by atoms with Crippen molar-refractivity contribution in [1.82, 2.24) is 0 Å². The van der Waals surface area contributed by atoms with Crippen molar-refractivity contribution in [2.45, 2.75) is 19.6 Å². The number of nitrogens with one attached hydrogen (secondary N) is 1. The minimum Gasteiger partial charge on any atom is -0.467 e. The quantitative estimate of drug-likeness (QED) is 0.824. The van der Waals surface area contributed by atoms with Crippen molar-refractivity contribution in [3.63, 3.8) is 0 Å². The first-order chi connectivity index (χ1) is 9.56. The summed E-state index contributed by atoms with van der Waals surface area (Å²) in [4.78, 5) is 11.9. The molecule has 0 bridgehead atoms. The zero-order chi connectivity index (χ0) is 14.5. The Morgan fingerprint density at radius 3 is 2.95 bits per heavy atom. The van der Waals surface area contributed by atoms with Gasteiger partial charge in [-0.1, -0.05) is 0 Å². The molecule has 3 N–H and O–H groups in total. The molecule has 2 aromatic rings. The molecule has 0 aliphatic heterocycles. The van der Waals surface area contributed by atoms with Crippen LogP contribution in [0.15, 0.2) is 41.0 Å². The highest BCUT2D eigenvalue weighted by Crippen LogP contribution is 2.16. The Hall–Kier alpha value is -2.34. The Labute approximate surface area is 115 Å². The van der Waals surface area contributed by atoms with Gasteiger partial charge in [0.15, 0.2) is 0 Å². The molecule has 0 spiro atoms. The summed E-state index contributed by atoms with van der Waals surface area (Å²) >= 11 is 0. The second kappa shape index (κ2) is 6.21. The van der Waals surface area contributed by atoms with Crippen LogP contribution in [0, 0.1) is 5.82 Å². The molecule has 0 radical (unpaired) electrons. The minimum atomic E-state index is -0.675. The smallest absolute Gasteiger partial charge is 0.253 e. The van der Waals surface area contributed by atoms with Gasteiger partial charge < -0.3 is 20.2 Å². The Kier molecular flexibility index (Phi) is 4.37. The number of ether oxygens (including phenoxy) is 1. The number of carbonyl (C=O) groups is 1. The number of hydrogen-bond donors (Lipinski definition) is 2. The van der Waals surface area contributed by atoms with Gasteiger partial charge in [0.1, 0.15) is 24.3 Å². The van der Waals surface area contributed by atoms with Gasteiger partial charge in [-0.3, -0.25) is 4.79 Å². The summed E-state index contributed by atoms with van der Waals surface area (Å²) in [5.74, 6) is -0.233. The summed E-state index contributed by atoms with van der Waals surface area (Å²) in [7, 11) is 0. The molecule has 1 aromatic carbocycles. The van der Waals surface area contributed by atoms with E-state index in [1.165, 1.54) is 24.5 Å². The van der Waals surface area contributed by atoms with Crippen molar-refractivity contribution in [3.8, 4) is 0 Å². The monoisotopic (exact) mass is 278 g/mol. The molecule has 0 saturated heterocycles. The molecule has 106 valence electrons. The van der Waals surface area contributed by atoms with Gasteiger partial charge in [-0.2, -0.15) is 0 Å². The summed E-state index contributed by atoms with van der Waals surface area (Å²) < 4.78 is 23.5. The third-order valence-electron chi connectivity index (χ3n) is 2.69. The SMILES string of the molecule is CC(OCc1ccco1)C(=O)Nc1ccc(F)c(N)c1. The summed E-state index contributed by atoms with van der Waals surface area (Å²) in [5.41, 5.74) is 5.82. The molecule has 0 saturated carbocycles. The number of carbonyl (C=O) groups excluding carboxylic acids is 1. The standard InChI is InChI=1S/C14H15FN2O3/c1-9(20-8-11-3-2-6-19-11)14(18)17-10-4-5-12(15)13(16)7-10/h2-7,9H,8,16H2,1H3,(H,17,18). The highest BCUT2D eigenvalue weighted by Gasteiger charge is 2.14. The Morgan fingerprint density at radius 1 is 1.50 bits per heavy atom. The van der Waals surface area contributed by atoms with Gasteiger partial charge in [0, 0.05) is 5.69 Å². The minimum absolute atomic E-state index is 0.0213. The van der Waals surface area contributed by atoms with Crippen LogP contribution in [0.5, 0.6) is 0 Å². The first-order valence-corrected chi connectivity index (χ1v) is 6.06. The van der Waals surface area contributed by atoms with Gasteiger partial charge in [0.05, 0.1) is 12.0 Å². The number of nitrogens with two attached hydrogens (primary N) is 1. The average Bonchev–Trinajstić information content (AvgIpc) is 2.93. The average molecular weight is 278 g/mol. The lowest BCUT2D eigenvalue weighted by molar-refractivity contribution is -0.127. The van der Waals surface area contributed by atoms with E-state index in [0.717, 1.165) is 0 Å². The van der Waals surface area contributed by atoms with Crippen molar-refractivity contribution in [1.29, 1.82) is 0 Å². The topological polar surface area (TPSA) is 77.5 Å². The van der Waals surface area contributed by atoms with E-state index in [1.54, 1.807) is 19.1 Å². The molecule has 1 unspecified atom stereocenters. The van der Waals surface area contributed by atoms with Crippen LogP contribution in [0.2, 0.25) is 0 Å². The van der Waals surface area contributed by atoms with E-state index in [0.29, 0.717) is 11.4 Å². The number of anilines is 2. The first-order valence-electron chi connectivity index (χ1n) is 6.06. The van der Waals surface area contributed by atoms with E-state index in [2.05, 4.69) is 5.32 Å². The van der Waals surface area contributed by atoms with E-state index >= 15 is 0 Å². The maximum atomic E-state index is 13.0. The van der Waals surface area contributed by atoms with Gasteiger partial charge in [-0.15, -0.1) is 0 Å². The lowest BCUT2D eigenvalue weighted by atomic mass is 10.2. The fraction of sp³-hybridized carbons (Fsp3) is 0.214. The van der Waals surface area contributed by atoms with Crippen molar-refractivity contribution in [3.05, 3.63) is 48.2 Å². The number of hydrogen-bond acceptors (Lipinski definition) is 4. The van der Waals surface area contributed by atoms with Crippen LogP contribution in [0.1, 0.15) is 12.7 Å². The highest BCUT2D eigenvalue weighted by molar-refractivity contribution is 5.94. The number of amides is 1. The van der Waals surface area contributed by atoms with E-state index in [4.69, 9.17) is 14.9 Å². The molecular formula is C14H15FN2O3. The van der Waals surface area contributed by atoms with Gasteiger partial charge in [0.2, 0.25) is 0 Å². The zero-order valence-corrected chi connectivity index (χ0v) is 10.9. The zero-order valence-electron chi connectivity index (χ0n) is 10.9. The third-order valence-corrected chi connectivity index (χ3v) is 2.69. The first kappa shape index (κ1) is 14.1. The highest BCUT2D eigenvalue weighted by atomic mass is 19.1. The largest absolute Gasteiger partial charge is 0.467 e. The lowest BCUT2D eigenvalue weighted by Crippen LogP contribution is -2.27. The van der Waals surface area contributed by atoms with Crippen molar-refractivity contribution in [2.75, 3.05) is 11.1 Å². The van der Waals surface area contributed by atoms with E-state index in [9.17, 15) is 9.18 Å². The molecular weight excluding hydrogens is 263 g/mol. The van der Waals surface area contributed by atoms with Crippen LogP contribution in [-0.4, -0.2) is 12.0 Å². The number of nitrogen functional groups attached to an aromatic ring is 1. The Bertz CT molecular complexity index is 584. The maximum absolute atomic E-state index is 13.0. The normalized spacial score (nSPS) is 12.1. The summed E-state index contributed by atoms with van der Waals surface area (Å²) in [6, 6.07) is 7.48. The molecule has 6 heteroatoms. The molecule has 0 fully saturated rings. The predicted molar refractivity (Wildman–Crippen MR) is 72.4 cm³/mol. The Morgan fingerprint density at radius 2 is 2.30 bits per heavy atom. The third kappa shape index (κ3) is 3.58. The summed E-state index contributed by atoms with van der Waals surface area (Å²) in [6.07, 6.45) is 0.858. The fourth-order valence-electron chi connectivity index (χ4n) is 1.54. The molecule has 1 atom stereocenters. The van der Waals surface area contributed by atoms with Gasteiger partial charge in [-0.25, -0.2) is 4.39 Å². The number of benzene rings is 1. The van der Waals surface area contributed by atoms with E-state index < -0.39 is 11.9 Å². The molecule has 1 heterocycles. The number of rotatable bonds is 5. The molecule has 0 aliphatic carbocycles. The van der Waals surface area contributed by atoms with Gasteiger partial charge >= 0.3 is 0 Å². The maximum Gasteiger partial charge on any atom is 0.253 e.